The van der Waals surface area contributed by atoms with Crippen molar-refractivity contribution in [3.8, 4) is 0 Å². The molecule has 2 amide bonds. The van der Waals surface area contributed by atoms with Crippen molar-refractivity contribution in [1.82, 2.24) is 10.2 Å². The van der Waals surface area contributed by atoms with E-state index in [4.69, 9.17) is 4.74 Å². The van der Waals surface area contributed by atoms with Crippen LogP contribution >= 0.6 is 0 Å². The fraction of sp³-hybridized carbons (Fsp3) is 0.533. The van der Waals surface area contributed by atoms with E-state index in [2.05, 4.69) is 24.4 Å². The van der Waals surface area contributed by atoms with Crippen LogP contribution in [0.4, 0.5) is 5.69 Å². The van der Waals surface area contributed by atoms with E-state index in [9.17, 15) is 19.5 Å². The minimum atomic E-state index is -2.63. The highest BCUT2D eigenvalue weighted by Crippen LogP contribution is 2.45. The summed E-state index contributed by atoms with van der Waals surface area (Å²) < 4.78 is 6.54. The van der Waals surface area contributed by atoms with E-state index in [0.29, 0.717) is 19.6 Å². The van der Waals surface area contributed by atoms with Gasteiger partial charge in [-0.2, -0.15) is 0 Å². The average Bonchev–Trinajstić information content (AvgIpc) is 3.23. The zero-order chi connectivity index (χ0) is 28.0. The van der Waals surface area contributed by atoms with E-state index in [1.54, 1.807) is 4.90 Å². The van der Waals surface area contributed by atoms with E-state index in [-0.39, 0.29) is 55.1 Å². The molecule has 0 unspecified atom stereocenters. The topological polar surface area (TPSA) is 102 Å². The Kier molecular flexibility index (Phi) is 9.95. The van der Waals surface area contributed by atoms with E-state index < -0.39 is 8.32 Å². The van der Waals surface area contributed by atoms with Crippen molar-refractivity contribution in [3.05, 3.63) is 65.7 Å². The summed E-state index contributed by atoms with van der Waals surface area (Å²) in [6, 6.07) is 17.9. The second-order valence-corrected chi connectivity index (χ2v) is 15.4. The molecule has 2 aliphatic heterocycles. The summed E-state index contributed by atoms with van der Waals surface area (Å²) in [5.41, 5.74) is 3.01. The number of piperazine rings is 1. The van der Waals surface area contributed by atoms with Gasteiger partial charge < -0.3 is 29.8 Å². The number of ether oxygens (including phenoxy) is 1. The van der Waals surface area contributed by atoms with Crippen LogP contribution in [0.25, 0.3) is 0 Å². The van der Waals surface area contributed by atoms with E-state index in [0.717, 1.165) is 36.2 Å². The van der Waals surface area contributed by atoms with Crippen LogP contribution in [0.15, 0.2) is 54.6 Å². The van der Waals surface area contributed by atoms with Crippen molar-refractivity contribution in [3.63, 3.8) is 0 Å². The van der Waals surface area contributed by atoms with Crippen molar-refractivity contribution in [2.45, 2.75) is 63.6 Å². The van der Waals surface area contributed by atoms with Crippen molar-refractivity contribution >= 4 is 25.8 Å². The number of carbonyl (C=O) groups excluding carboxylic acids is 2. The monoisotopic (exact) mass is 553 g/mol. The lowest BCUT2D eigenvalue weighted by Crippen LogP contribution is -2.48. The number of carbonyl (C=O) groups is 2. The van der Waals surface area contributed by atoms with Gasteiger partial charge in [-0.3, -0.25) is 9.59 Å². The van der Waals surface area contributed by atoms with Gasteiger partial charge in [-0.15, -0.1) is 0 Å². The standard InChI is InChI=1S/C30H43N3O5Si/c1-22-26(13-12-23-10-7-11-25(18-23)33-15-14-31-20-29(33)36)38-27(30(22)39(2,3)37)19-28(35)32(16-17-34)21-24-8-5-4-6-9-24/h4-11,18,22,26-27,30-31,34,37H,12-17,19-21H2,1-3H3/t22-,26+,27-,30+/m0/s1. The molecule has 0 radical (unpaired) electrons. The number of nitrogens with zero attached hydrogens (tertiary/aromatic N) is 2. The average molecular weight is 554 g/mol. The zero-order valence-electron chi connectivity index (χ0n) is 23.4. The maximum atomic E-state index is 13.4. The van der Waals surface area contributed by atoms with Crippen LogP contribution in [-0.4, -0.2) is 79.9 Å². The van der Waals surface area contributed by atoms with Crippen LogP contribution in [-0.2, 0) is 27.3 Å². The number of aliphatic hydroxyl groups is 1. The maximum Gasteiger partial charge on any atom is 0.240 e. The summed E-state index contributed by atoms with van der Waals surface area (Å²) in [6.45, 7) is 8.39. The van der Waals surface area contributed by atoms with E-state index in [1.165, 1.54) is 0 Å². The Morgan fingerprint density at radius 1 is 1.13 bits per heavy atom. The second kappa shape index (κ2) is 13.2. The smallest absolute Gasteiger partial charge is 0.240 e. The SMILES string of the molecule is C[C@@H]1[C@@H]([Si](C)(C)O)[C@H](CC(=O)N(CCO)Cc2ccccc2)O[C@@H]1CCc1cccc(N2CCNCC2=O)c1. The minimum absolute atomic E-state index is 0.0658. The predicted molar refractivity (Wildman–Crippen MR) is 155 cm³/mol. The Balaban J connectivity index is 1.42. The molecule has 0 bridgehead atoms. The van der Waals surface area contributed by atoms with Gasteiger partial charge in [-0.1, -0.05) is 49.4 Å². The number of hydrogen-bond donors (Lipinski definition) is 3. The lowest BCUT2D eigenvalue weighted by molar-refractivity contribution is -0.135. The van der Waals surface area contributed by atoms with Gasteiger partial charge in [0.2, 0.25) is 11.8 Å². The molecule has 2 aliphatic rings. The first-order valence-corrected chi connectivity index (χ1v) is 17.1. The largest absolute Gasteiger partial charge is 0.432 e. The summed E-state index contributed by atoms with van der Waals surface area (Å²) in [5.74, 6) is 0.134. The van der Waals surface area contributed by atoms with Crippen molar-refractivity contribution < 1.29 is 24.2 Å². The highest BCUT2D eigenvalue weighted by atomic mass is 28.4. The first kappa shape index (κ1) is 29.4. The highest BCUT2D eigenvalue weighted by molar-refractivity contribution is 6.71. The molecule has 8 nitrogen and oxygen atoms in total. The summed E-state index contributed by atoms with van der Waals surface area (Å²) in [6.07, 6.45) is 1.32. The normalized spacial score (nSPS) is 23.7. The third kappa shape index (κ3) is 7.55. The van der Waals surface area contributed by atoms with Gasteiger partial charge in [0.1, 0.15) is 0 Å². The van der Waals surface area contributed by atoms with Crippen LogP contribution in [0.2, 0.25) is 18.6 Å². The lowest BCUT2D eigenvalue weighted by Gasteiger charge is -2.31. The number of rotatable bonds is 11. The van der Waals surface area contributed by atoms with Crippen LogP contribution < -0.4 is 10.2 Å². The molecule has 2 fully saturated rings. The van der Waals surface area contributed by atoms with Gasteiger partial charge >= 0.3 is 0 Å². The quantitative estimate of drug-likeness (QED) is 0.370. The number of anilines is 1. The molecule has 39 heavy (non-hydrogen) atoms. The molecular formula is C30H43N3O5Si. The molecule has 9 heteroatoms. The molecule has 0 spiro atoms. The molecule has 0 aliphatic carbocycles. The molecule has 212 valence electrons. The number of aliphatic hydroxyl groups excluding tert-OH is 1. The molecule has 0 aromatic heterocycles. The summed E-state index contributed by atoms with van der Waals surface area (Å²) in [5, 5.41) is 12.7. The van der Waals surface area contributed by atoms with Gasteiger partial charge in [0.15, 0.2) is 8.32 Å². The molecule has 3 N–H and O–H groups in total. The molecule has 2 heterocycles. The minimum Gasteiger partial charge on any atom is -0.432 e. The Morgan fingerprint density at radius 2 is 1.87 bits per heavy atom. The number of benzene rings is 2. The van der Waals surface area contributed by atoms with Gasteiger partial charge in [0.05, 0.1) is 31.8 Å². The summed E-state index contributed by atoms with van der Waals surface area (Å²) in [4.78, 5) is 40.5. The van der Waals surface area contributed by atoms with Gasteiger partial charge in [-0.25, -0.2) is 0 Å². The fourth-order valence-corrected chi connectivity index (χ4v) is 8.80. The molecule has 4 rings (SSSR count). The Morgan fingerprint density at radius 3 is 2.56 bits per heavy atom. The van der Waals surface area contributed by atoms with Crippen LogP contribution in [0.1, 0.15) is 30.9 Å². The first-order chi connectivity index (χ1) is 18.7. The van der Waals surface area contributed by atoms with E-state index >= 15 is 0 Å². The molecule has 2 aromatic rings. The molecule has 4 atom stereocenters. The summed E-state index contributed by atoms with van der Waals surface area (Å²) in [7, 11) is -2.63. The van der Waals surface area contributed by atoms with E-state index in [1.807, 2.05) is 60.5 Å². The molecule has 2 aromatic carbocycles. The third-order valence-corrected chi connectivity index (χ3v) is 10.6. The Labute approximate surface area is 233 Å². The fourth-order valence-electron chi connectivity index (χ4n) is 6.19. The second-order valence-electron chi connectivity index (χ2n) is 11.4. The van der Waals surface area contributed by atoms with Crippen molar-refractivity contribution in [2.24, 2.45) is 5.92 Å². The van der Waals surface area contributed by atoms with Crippen LogP contribution in [0.5, 0.6) is 0 Å². The van der Waals surface area contributed by atoms with Crippen LogP contribution in [0, 0.1) is 5.92 Å². The molecular weight excluding hydrogens is 510 g/mol. The Hall–Kier alpha value is -2.56. The number of amides is 2. The maximum absolute atomic E-state index is 13.4. The Bertz CT molecular complexity index is 1110. The van der Waals surface area contributed by atoms with Crippen molar-refractivity contribution in [2.75, 3.05) is 37.7 Å². The number of aryl methyl sites for hydroxylation is 1. The van der Waals surface area contributed by atoms with Gasteiger partial charge in [0.25, 0.3) is 0 Å². The molecule has 0 saturated carbocycles. The summed E-state index contributed by atoms with van der Waals surface area (Å²) >= 11 is 0. The molecule has 2 saturated heterocycles. The van der Waals surface area contributed by atoms with Crippen LogP contribution in [0.3, 0.4) is 0 Å². The third-order valence-electron chi connectivity index (χ3n) is 8.06. The lowest BCUT2D eigenvalue weighted by atomic mass is 9.95. The van der Waals surface area contributed by atoms with Gasteiger partial charge in [-0.05, 0) is 55.1 Å². The zero-order valence-corrected chi connectivity index (χ0v) is 24.4. The van der Waals surface area contributed by atoms with Crippen molar-refractivity contribution in [1.29, 1.82) is 0 Å². The number of hydrogen-bond acceptors (Lipinski definition) is 6. The predicted octanol–water partition coefficient (Wildman–Crippen LogP) is 2.94. The number of nitrogens with one attached hydrogen (secondary N) is 1. The first-order valence-electron chi connectivity index (χ1n) is 14.1. The van der Waals surface area contributed by atoms with Gasteiger partial charge in [0, 0.05) is 37.4 Å². The highest BCUT2D eigenvalue weighted by Gasteiger charge is 2.50.